The van der Waals surface area contributed by atoms with Gasteiger partial charge in [0.2, 0.25) is 0 Å². The minimum atomic E-state index is 0.163. The lowest BCUT2D eigenvalue weighted by atomic mass is 10.1. The molecule has 2 heteroatoms. The van der Waals surface area contributed by atoms with Crippen molar-refractivity contribution in [2.75, 3.05) is 18.0 Å². The van der Waals surface area contributed by atoms with E-state index in [9.17, 15) is 0 Å². The van der Waals surface area contributed by atoms with Crippen LogP contribution in [-0.2, 0) is 0 Å². The van der Waals surface area contributed by atoms with Crippen LogP contribution in [0.15, 0.2) is 36.9 Å². The number of nitrogens with two attached hydrogens (primary N) is 1. The molecule has 0 unspecified atom stereocenters. The number of benzene rings is 1. The molecule has 0 spiro atoms. The van der Waals surface area contributed by atoms with Gasteiger partial charge in [-0.05, 0) is 11.6 Å². The number of anilines is 1. The van der Waals surface area contributed by atoms with Crippen molar-refractivity contribution in [2.45, 2.75) is 6.04 Å². The quantitative estimate of drug-likeness (QED) is 0.691. The second-order valence-electron chi connectivity index (χ2n) is 3.36. The average Bonchev–Trinajstić information content (AvgIpc) is 2.46. The molecule has 2 rings (SSSR count). The molecule has 0 saturated heterocycles. The summed E-state index contributed by atoms with van der Waals surface area (Å²) in [5.74, 6) is 0. The third-order valence-electron chi connectivity index (χ3n) is 2.44. The van der Waals surface area contributed by atoms with E-state index < -0.39 is 0 Å². The van der Waals surface area contributed by atoms with Crippen LogP contribution in [0.2, 0.25) is 0 Å². The van der Waals surface area contributed by atoms with E-state index in [4.69, 9.17) is 5.73 Å². The van der Waals surface area contributed by atoms with E-state index in [1.807, 2.05) is 18.2 Å². The normalized spacial score (nSPS) is 20.1. The van der Waals surface area contributed by atoms with Crippen LogP contribution in [0, 0.1) is 0 Å². The van der Waals surface area contributed by atoms with Crippen molar-refractivity contribution in [1.29, 1.82) is 0 Å². The van der Waals surface area contributed by atoms with Crippen LogP contribution in [0.25, 0.3) is 0 Å². The third-order valence-corrected chi connectivity index (χ3v) is 2.44. The number of fused-ring (bicyclic) bond motifs is 1. The van der Waals surface area contributed by atoms with Crippen molar-refractivity contribution in [1.82, 2.24) is 0 Å². The van der Waals surface area contributed by atoms with Gasteiger partial charge in [-0.2, -0.15) is 0 Å². The number of nitrogens with zero attached hydrogens (tertiary/aromatic N) is 1. The smallest absolute Gasteiger partial charge is 0.0493 e. The molecule has 0 radical (unpaired) electrons. The summed E-state index contributed by atoms with van der Waals surface area (Å²) in [5.41, 5.74) is 8.50. The van der Waals surface area contributed by atoms with Gasteiger partial charge >= 0.3 is 0 Å². The fourth-order valence-electron chi connectivity index (χ4n) is 1.85. The molecule has 0 amide bonds. The van der Waals surface area contributed by atoms with Gasteiger partial charge < -0.3 is 10.6 Å². The second-order valence-corrected chi connectivity index (χ2v) is 3.36. The third kappa shape index (κ3) is 1.33. The van der Waals surface area contributed by atoms with E-state index in [0.29, 0.717) is 0 Å². The molecule has 1 atom stereocenters. The lowest BCUT2D eigenvalue weighted by Gasteiger charge is -2.16. The Hall–Kier alpha value is -1.28. The molecule has 0 fully saturated rings. The van der Waals surface area contributed by atoms with Crippen LogP contribution in [0.4, 0.5) is 5.69 Å². The summed E-state index contributed by atoms with van der Waals surface area (Å²) in [6.45, 7) is 5.53. The Morgan fingerprint density at radius 3 is 3.08 bits per heavy atom. The molecular formula is C11H14N2. The van der Waals surface area contributed by atoms with Crippen molar-refractivity contribution < 1.29 is 0 Å². The Morgan fingerprint density at radius 1 is 1.54 bits per heavy atom. The van der Waals surface area contributed by atoms with Crippen molar-refractivity contribution in [2.24, 2.45) is 5.73 Å². The van der Waals surface area contributed by atoms with Crippen molar-refractivity contribution in [3.8, 4) is 0 Å². The van der Waals surface area contributed by atoms with Crippen molar-refractivity contribution in [3.63, 3.8) is 0 Å². The maximum absolute atomic E-state index is 5.99. The van der Waals surface area contributed by atoms with Gasteiger partial charge in [0.15, 0.2) is 0 Å². The Kier molecular flexibility index (Phi) is 2.07. The van der Waals surface area contributed by atoms with Crippen molar-refractivity contribution >= 4 is 5.69 Å². The van der Waals surface area contributed by atoms with Gasteiger partial charge in [-0.15, -0.1) is 6.58 Å². The van der Waals surface area contributed by atoms with E-state index >= 15 is 0 Å². The number of hydrogen-bond acceptors (Lipinski definition) is 2. The Morgan fingerprint density at radius 2 is 2.31 bits per heavy atom. The summed E-state index contributed by atoms with van der Waals surface area (Å²) in [6, 6.07) is 8.47. The topological polar surface area (TPSA) is 29.3 Å². The van der Waals surface area contributed by atoms with Crippen LogP contribution < -0.4 is 10.6 Å². The molecule has 0 aromatic heterocycles. The summed E-state index contributed by atoms with van der Waals surface area (Å²) < 4.78 is 0. The molecule has 13 heavy (non-hydrogen) atoms. The van der Waals surface area contributed by atoms with E-state index in [0.717, 1.165) is 13.1 Å². The van der Waals surface area contributed by atoms with E-state index in [2.05, 4.69) is 23.6 Å². The maximum Gasteiger partial charge on any atom is 0.0493 e. The lowest BCUT2D eigenvalue weighted by molar-refractivity contribution is 0.745. The summed E-state index contributed by atoms with van der Waals surface area (Å²) in [7, 11) is 0. The van der Waals surface area contributed by atoms with E-state index in [-0.39, 0.29) is 6.04 Å². The zero-order valence-electron chi connectivity index (χ0n) is 7.61. The molecule has 0 saturated carbocycles. The first kappa shape index (κ1) is 8.32. The molecule has 1 aromatic carbocycles. The van der Waals surface area contributed by atoms with E-state index in [1.165, 1.54) is 11.3 Å². The summed E-state index contributed by atoms with van der Waals surface area (Å²) in [6.07, 6.45) is 1.91. The van der Waals surface area contributed by atoms with Crippen LogP contribution in [0.5, 0.6) is 0 Å². The summed E-state index contributed by atoms with van der Waals surface area (Å²) >= 11 is 0. The zero-order valence-corrected chi connectivity index (χ0v) is 7.61. The predicted molar refractivity (Wildman–Crippen MR) is 55.8 cm³/mol. The predicted octanol–water partition coefficient (Wildman–Crippen LogP) is 1.69. The molecular weight excluding hydrogens is 160 g/mol. The molecule has 0 aliphatic carbocycles. The van der Waals surface area contributed by atoms with Gasteiger partial charge in [-0.25, -0.2) is 0 Å². The highest BCUT2D eigenvalue weighted by Gasteiger charge is 2.23. The van der Waals surface area contributed by atoms with Gasteiger partial charge in [0.25, 0.3) is 0 Å². The van der Waals surface area contributed by atoms with Gasteiger partial charge in [0.1, 0.15) is 0 Å². The van der Waals surface area contributed by atoms with Crippen molar-refractivity contribution in [3.05, 3.63) is 42.5 Å². The molecule has 2 nitrogen and oxygen atoms in total. The first-order valence-corrected chi connectivity index (χ1v) is 4.53. The van der Waals surface area contributed by atoms with Gasteiger partial charge in [0.05, 0.1) is 0 Å². The Bertz CT molecular complexity index is 320. The fraction of sp³-hybridized carbons (Fsp3) is 0.273. The minimum Gasteiger partial charge on any atom is -0.366 e. The molecule has 1 aliphatic rings. The SMILES string of the molecule is C=CCN1C[C@@H](N)c2ccccc21. The van der Waals surface area contributed by atoms with Gasteiger partial charge in [-0.3, -0.25) is 0 Å². The van der Waals surface area contributed by atoms with Crippen LogP contribution in [0.3, 0.4) is 0 Å². The number of para-hydroxylation sites is 1. The fourth-order valence-corrected chi connectivity index (χ4v) is 1.85. The monoisotopic (exact) mass is 174 g/mol. The molecule has 0 bridgehead atoms. The van der Waals surface area contributed by atoms with Gasteiger partial charge in [0, 0.05) is 24.8 Å². The second kappa shape index (κ2) is 3.23. The van der Waals surface area contributed by atoms with Crippen LogP contribution in [-0.4, -0.2) is 13.1 Å². The summed E-state index contributed by atoms with van der Waals surface area (Å²) in [5, 5.41) is 0. The highest BCUT2D eigenvalue weighted by molar-refractivity contribution is 5.60. The van der Waals surface area contributed by atoms with E-state index in [1.54, 1.807) is 0 Å². The first-order valence-electron chi connectivity index (χ1n) is 4.53. The summed E-state index contributed by atoms with van der Waals surface area (Å²) in [4.78, 5) is 2.26. The lowest BCUT2D eigenvalue weighted by Crippen LogP contribution is -2.24. The standard InChI is InChI=1S/C11H14N2/c1-2-7-13-8-10(12)9-5-3-4-6-11(9)13/h2-6,10H,1,7-8,12H2/t10-/m1/s1. The minimum absolute atomic E-state index is 0.163. The first-order chi connectivity index (χ1) is 6.33. The maximum atomic E-state index is 5.99. The average molecular weight is 174 g/mol. The van der Waals surface area contributed by atoms with Gasteiger partial charge in [-0.1, -0.05) is 24.3 Å². The Labute approximate surface area is 78.7 Å². The van der Waals surface area contributed by atoms with Crippen LogP contribution in [0.1, 0.15) is 11.6 Å². The molecule has 1 heterocycles. The molecule has 2 N–H and O–H groups in total. The highest BCUT2D eigenvalue weighted by atomic mass is 15.2. The Balaban J connectivity index is 2.35. The molecule has 1 aromatic rings. The molecule has 68 valence electrons. The molecule has 1 aliphatic heterocycles. The largest absolute Gasteiger partial charge is 0.366 e. The van der Waals surface area contributed by atoms with Crippen LogP contribution >= 0.6 is 0 Å². The zero-order chi connectivity index (χ0) is 9.26. The number of rotatable bonds is 2. The highest BCUT2D eigenvalue weighted by Crippen LogP contribution is 2.32. The number of hydrogen-bond donors (Lipinski definition) is 1.